The molecule has 0 saturated heterocycles. The maximum atomic E-state index is 13.0. The van der Waals surface area contributed by atoms with Crippen molar-refractivity contribution in [2.24, 2.45) is 0 Å². The molecule has 1 atom stereocenters. The second-order valence-electron chi connectivity index (χ2n) is 6.11. The first-order valence-electron chi connectivity index (χ1n) is 7.72. The zero-order chi connectivity index (χ0) is 17.5. The van der Waals surface area contributed by atoms with Gasteiger partial charge in [0, 0.05) is 25.9 Å². The van der Waals surface area contributed by atoms with Crippen molar-refractivity contribution >= 4 is 27.1 Å². The van der Waals surface area contributed by atoms with Crippen molar-refractivity contribution in [1.82, 2.24) is 0 Å². The average molecular weight is 348 g/mol. The summed E-state index contributed by atoms with van der Waals surface area (Å²) in [7, 11) is -1.49. The molecule has 1 aromatic carbocycles. The van der Waals surface area contributed by atoms with Crippen LogP contribution in [0.2, 0.25) is 0 Å². The third-order valence-corrected chi connectivity index (χ3v) is 5.20. The van der Waals surface area contributed by atoms with E-state index in [0.29, 0.717) is 0 Å². The monoisotopic (exact) mass is 348 g/mol. The number of amides is 1. The SMILES string of the molecule is C[C@H]1CCN(C)c2ccccc2N1C(=O)c1ccc(S(C)(=O)=O)o1. The number of rotatable bonds is 2. The Balaban J connectivity index is 2.05. The van der Waals surface area contributed by atoms with Crippen LogP contribution in [0.3, 0.4) is 0 Å². The van der Waals surface area contributed by atoms with Crippen molar-refractivity contribution in [1.29, 1.82) is 0 Å². The molecule has 2 heterocycles. The minimum absolute atomic E-state index is 0.0293. The van der Waals surface area contributed by atoms with Crippen LogP contribution in [0.15, 0.2) is 45.9 Å². The highest BCUT2D eigenvalue weighted by Gasteiger charge is 2.31. The summed E-state index contributed by atoms with van der Waals surface area (Å²) >= 11 is 0. The Morgan fingerprint density at radius 3 is 2.46 bits per heavy atom. The molecular weight excluding hydrogens is 328 g/mol. The van der Waals surface area contributed by atoms with Gasteiger partial charge in [-0.2, -0.15) is 0 Å². The average Bonchev–Trinajstić information content (AvgIpc) is 2.99. The van der Waals surface area contributed by atoms with E-state index in [1.54, 1.807) is 4.90 Å². The Morgan fingerprint density at radius 2 is 1.83 bits per heavy atom. The van der Waals surface area contributed by atoms with Gasteiger partial charge in [-0.25, -0.2) is 8.42 Å². The molecule has 7 heteroatoms. The number of furan rings is 1. The summed E-state index contributed by atoms with van der Waals surface area (Å²) in [6.07, 6.45) is 1.86. The molecule has 1 aromatic heterocycles. The van der Waals surface area contributed by atoms with Crippen molar-refractivity contribution in [3.05, 3.63) is 42.2 Å². The first kappa shape index (κ1) is 16.6. The van der Waals surface area contributed by atoms with Gasteiger partial charge in [0.1, 0.15) is 0 Å². The van der Waals surface area contributed by atoms with Crippen LogP contribution in [0.25, 0.3) is 0 Å². The number of hydrogen-bond donors (Lipinski definition) is 0. The largest absolute Gasteiger partial charge is 0.440 e. The molecule has 0 saturated carbocycles. The molecule has 0 spiro atoms. The predicted molar refractivity (Wildman–Crippen MR) is 92.4 cm³/mol. The van der Waals surface area contributed by atoms with Gasteiger partial charge in [-0.05, 0) is 37.6 Å². The van der Waals surface area contributed by atoms with Crippen LogP contribution < -0.4 is 9.80 Å². The molecule has 0 unspecified atom stereocenters. The van der Waals surface area contributed by atoms with Gasteiger partial charge in [-0.15, -0.1) is 0 Å². The van der Waals surface area contributed by atoms with E-state index in [2.05, 4.69) is 4.90 Å². The fourth-order valence-electron chi connectivity index (χ4n) is 2.92. The smallest absolute Gasteiger partial charge is 0.294 e. The second-order valence-corrected chi connectivity index (χ2v) is 8.06. The molecule has 3 rings (SSSR count). The topological polar surface area (TPSA) is 70.8 Å². The van der Waals surface area contributed by atoms with E-state index in [1.807, 2.05) is 38.2 Å². The number of anilines is 2. The second kappa shape index (κ2) is 5.98. The summed E-state index contributed by atoms with van der Waals surface area (Å²) < 4.78 is 28.5. The van der Waals surface area contributed by atoms with Gasteiger partial charge in [0.25, 0.3) is 5.91 Å². The van der Waals surface area contributed by atoms with Gasteiger partial charge in [0.2, 0.25) is 14.9 Å². The molecule has 0 N–H and O–H groups in total. The fraction of sp³-hybridized carbons (Fsp3) is 0.353. The number of para-hydroxylation sites is 2. The van der Waals surface area contributed by atoms with Crippen LogP contribution in [0.1, 0.15) is 23.9 Å². The van der Waals surface area contributed by atoms with Gasteiger partial charge in [-0.1, -0.05) is 12.1 Å². The maximum absolute atomic E-state index is 13.0. The van der Waals surface area contributed by atoms with Crippen molar-refractivity contribution in [3.63, 3.8) is 0 Å². The van der Waals surface area contributed by atoms with Crippen LogP contribution >= 0.6 is 0 Å². The summed E-state index contributed by atoms with van der Waals surface area (Å²) in [4.78, 5) is 16.8. The minimum Gasteiger partial charge on any atom is -0.440 e. The van der Waals surface area contributed by atoms with Crippen LogP contribution in [0.5, 0.6) is 0 Å². The van der Waals surface area contributed by atoms with Crippen molar-refractivity contribution in [2.75, 3.05) is 29.6 Å². The molecule has 6 nitrogen and oxygen atoms in total. The third kappa shape index (κ3) is 2.91. The Kier molecular flexibility index (Phi) is 4.13. The lowest BCUT2D eigenvalue weighted by molar-refractivity contribution is 0.0946. The molecule has 0 radical (unpaired) electrons. The molecule has 0 fully saturated rings. The van der Waals surface area contributed by atoms with Crippen LogP contribution in [-0.2, 0) is 9.84 Å². The Bertz CT molecular complexity index is 872. The van der Waals surface area contributed by atoms with E-state index in [9.17, 15) is 13.2 Å². The summed E-state index contributed by atoms with van der Waals surface area (Å²) in [5, 5.41) is -0.196. The molecule has 0 aliphatic carbocycles. The van der Waals surface area contributed by atoms with Gasteiger partial charge < -0.3 is 14.2 Å². The highest BCUT2D eigenvalue weighted by Crippen LogP contribution is 2.34. The van der Waals surface area contributed by atoms with Gasteiger partial charge in [0.05, 0.1) is 11.4 Å². The van der Waals surface area contributed by atoms with E-state index in [4.69, 9.17) is 4.42 Å². The fourth-order valence-corrected chi connectivity index (χ4v) is 3.48. The number of fused-ring (bicyclic) bond motifs is 1. The standard InChI is InChI=1S/C17H20N2O4S/c1-12-10-11-18(2)13-6-4-5-7-14(13)19(12)17(20)15-8-9-16(23-15)24(3,21)22/h4-9,12H,10-11H2,1-3H3/t12-/m0/s1. The zero-order valence-corrected chi connectivity index (χ0v) is 14.7. The lowest BCUT2D eigenvalue weighted by atomic mass is 10.1. The zero-order valence-electron chi connectivity index (χ0n) is 13.9. The summed E-state index contributed by atoms with van der Waals surface area (Å²) in [5.41, 5.74) is 1.76. The first-order valence-corrected chi connectivity index (χ1v) is 9.62. The van der Waals surface area contributed by atoms with Crippen LogP contribution in [0.4, 0.5) is 11.4 Å². The van der Waals surface area contributed by atoms with Crippen molar-refractivity contribution < 1.29 is 17.6 Å². The van der Waals surface area contributed by atoms with E-state index in [-0.39, 0.29) is 22.8 Å². The molecule has 1 amide bonds. The Labute approximate surface area is 141 Å². The predicted octanol–water partition coefficient (Wildman–Crippen LogP) is 2.56. The molecule has 1 aliphatic heterocycles. The summed E-state index contributed by atoms with van der Waals surface area (Å²) in [5.74, 6) is -0.304. The number of sulfone groups is 1. The summed E-state index contributed by atoms with van der Waals surface area (Å²) in [6, 6.07) is 10.4. The van der Waals surface area contributed by atoms with Crippen molar-refractivity contribution in [3.8, 4) is 0 Å². The van der Waals surface area contributed by atoms with Gasteiger partial charge in [-0.3, -0.25) is 4.79 Å². The molecule has 128 valence electrons. The van der Waals surface area contributed by atoms with Crippen LogP contribution in [-0.4, -0.2) is 40.2 Å². The van der Waals surface area contributed by atoms with E-state index in [1.165, 1.54) is 12.1 Å². The summed E-state index contributed by atoms with van der Waals surface area (Å²) in [6.45, 7) is 2.81. The highest BCUT2D eigenvalue weighted by molar-refractivity contribution is 7.90. The number of carbonyl (C=O) groups is 1. The first-order chi connectivity index (χ1) is 11.3. The molecule has 24 heavy (non-hydrogen) atoms. The molecule has 1 aliphatic rings. The number of nitrogens with zero attached hydrogens (tertiary/aromatic N) is 2. The maximum Gasteiger partial charge on any atom is 0.294 e. The normalized spacial score (nSPS) is 18.2. The van der Waals surface area contributed by atoms with E-state index >= 15 is 0 Å². The van der Waals surface area contributed by atoms with Crippen molar-refractivity contribution in [2.45, 2.75) is 24.5 Å². The number of hydrogen-bond acceptors (Lipinski definition) is 5. The van der Waals surface area contributed by atoms with E-state index < -0.39 is 9.84 Å². The molecule has 0 bridgehead atoms. The third-order valence-electron chi connectivity index (χ3n) is 4.25. The van der Waals surface area contributed by atoms with Gasteiger partial charge >= 0.3 is 0 Å². The Morgan fingerprint density at radius 1 is 1.17 bits per heavy atom. The number of carbonyl (C=O) groups excluding carboxylic acids is 1. The van der Waals surface area contributed by atoms with Gasteiger partial charge in [0.15, 0.2) is 5.76 Å². The number of benzene rings is 1. The molecular formula is C17H20N2O4S. The minimum atomic E-state index is -3.48. The molecule has 2 aromatic rings. The Hall–Kier alpha value is -2.28. The van der Waals surface area contributed by atoms with Crippen LogP contribution in [0, 0.1) is 0 Å². The lowest BCUT2D eigenvalue weighted by Gasteiger charge is -2.27. The highest BCUT2D eigenvalue weighted by atomic mass is 32.2. The quantitative estimate of drug-likeness (QED) is 0.834. The van der Waals surface area contributed by atoms with E-state index in [0.717, 1.165) is 30.6 Å². The lowest BCUT2D eigenvalue weighted by Crippen LogP contribution is -2.38.